The highest BCUT2D eigenvalue weighted by molar-refractivity contribution is 14.1. The third-order valence-electron chi connectivity index (χ3n) is 1.79. The van der Waals surface area contributed by atoms with Crippen molar-refractivity contribution >= 4 is 28.5 Å². The number of aromatic nitrogens is 2. The van der Waals surface area contributed by atoms with Gasteiger partial charge < -0.3 is 5.73 Å². The maximum Gasteiger partial charge on any atom is 0.266 e. The van der Waals surface area contributed by atoms with Gasteiger partial charge in [-0.05, 0) is 29.5 Å². The predicted octanol–water partition coefficient (Wildman–Crippen LogP) is 0.0317. The molecule has 1 amide bonds. The highest BCUT2D eigenvalue weighted by atomic mass is 127. The molecule has 1 aromatic heterocycles. The topological polar surface area (TPSA) is 78.0 Å². The van der Waals surface area contributed by atoms with E-state index in [0.717, 1.165) is 0 Å². The fourth-order valence-corrected chi connectivity index (χ4v) is 1.47. The van der Waals surface area contributed by atoms with Crippen LogP contribution in [0.4, 0.5) is 0 Å². The summed E-state index contributed by atoms with van der Waals surface area (Å²) >= 11 is 1.91. The number of carbonyl (C=O) groups is 1. The molecule has 5 nitrogen and oxygen atoms in total. The monoisotopic (exact) mass is 307 g/mol. The standard InChI is InChI=1S/C8H10IN3O2/c1-5-11-4-6(9)8(14)12(5)3-2-7(10)13/h4H,2-3H2,1H3,(H2,10,13). The summed E-state index contributed by atoms with van der Waals surface area (Å²) in [6.45, 7) is 2.02. The van der Waals surface area contributed by atoms with Crippen molar-refractivity contribution in [1.82, 2.24) is 9.55 Å². The minimum absolute atomic E-state index is 0.126. The Morgan fingerprint density at radius 3 is 2.93 bits per heavy atom. The van der Waals surface area contributed by atoms with Gasteiger partial charge >= 0.3 is 0 Å². The van der Waals surface area contributed by atoms with Gasteiger partial charge in [0, 0.05) is 19.2 Å². The summed E-state index contributed by atoms with van der Waals surface area (Å²) in [5.41, 5.74) is 4.88. The lowest BCUT2D eigenvalue weighted by Crippen LogP contribution is -2.27. The van der Waals surface area contributed by atoms with Crippen LogP contribution in [0.3, 0.4) is 0 Å². The molecule has 0 saturated carbocycles. The third-order valence-corrected chi connectivity index (χ3v) is 2.53. The van der Waals surface area contributed by atoms with E-state index in [0.29, 0.717) is 15.9 Å². The number of nitrogens with zero attached hydrogens (tertiary/aromatic N) is 2. The van der Waals surface area contributed by atoms with Crippen molar-refractivity contribution in [1.29, 1.82) is 0 Å². The van der Waals surface area contributed by atoms with Crippen molar-refractivity contribution in [2.24, 2.45) is 5.73 Å². The van der Waals surface area contributed by atoms with Gasteiger partial charge in [-0.3, -0.25) is 14.2 Å². The van der Waals surface area contributed by atoms with Crippen LogP contribution in [-0.4, -0.2) is 15.5 Å². The molecule has 0 aliphatic rings. The predicted molar refractivity (Wildman–Crippen MR) is 59.8 cm³/mol. The first-order valence-corrected chi connectivity index (χ1v) is 5.10. The van der Waals surface area contributed by atoms with Crippen LogP contribution in [0.1, 0.15) is 12.2 Å². The Morgan fingerprint density at radius 2 is 2.36 bits per heavy atom. The summed E-state index contributed by atoms with van der Waals surface area (Å²) in [6.07, 6.45) is 1.67. The van der Waals surface area contributed by atoms with E-state index in [-0.39, 0.29) is 12.0 Å². The number of halogens is 1. The van der Waals surface area contributed by atoms with E-state index in [4.69, 9.17) is 5.73 Å². The van der Waals surface area contributed by atoms with Crippen molar-refractivity contribution in [3.05, 3.63) is 25.9 Å². The normalized spacial score (nSPS) is 10.1. The Labute approximate surface area is 94.5 Å². The lowest BCUT2D eigenvalue weighted by atomic mass is 10.4. The molecule has 0 saturated heterocycles. The molecule has 14 heavy (non-hydrogen) atoms. The molecule has 1 rings (SSSR count). The zero-order valence-corrected chi connectivity index (χ0v) is 9.82. The molecule has 0 aliphatic heterocycles. The number of carbonyl (C=O) groups excluding carboxylic acids is 1. The summed E-state index contributed by atoms with van der Waals surface area (Å²) in [5.74, 6) is 0.173. The van der Waals surface area contributed by atoms with E-state index >= 15 is 0 Å². The molecule has 2 N–H and O–H groups in total. The van der Waals surface area contributed by atoms with Gasteiger partial charge in [0.25, 0.3) is 5.56 Å². The first-order valence-electron chi connectivity index (χ1n) is 4.02. The van der Waals surface area contributed by atoms with Gasteiger partial charge in [0.15, 0.2) is 0 Å². The van der Waals surface area contributed by atoms with Crippen LogP contribution in [0.2, 0.25) is 0 Å². The number of rotatable bonds is 3. The summed E-state index contributed by atoms with van der Waals surface area (Å²) < 4.78 is 1.99. The Balaban J connectivity index is 3.01. The van der Waals surface area contributed by atoms with Crippen LogP contribution >= 0.6 is 22.6 Å². The smallest absolute Gasteiger partial charge is 0.266 e. The highest BCUT2D eigenvalue weighted by Crippen LogP contribution is 1.98. The van der Waals surface area contributed by atoms with Crippen LogP contribution in [0, 0.1) is 10.5 Å². The molecular formula is C8H10IN3O2. The second-order valence-corrected chi connectivity index (χ2v) is 3.99. The Hall–Kier alpha value is -0.920. The second-order valence-electron chi connectivity index (χ2n) is 2.83. The van der Waals surface area contributed by atoms with Crippen molar-refractivity contribution in [3.63, 3.8) is 0 Å². The number of nitrogens with two attached hydrogens (primary N) is 1. The summed E-state index contributed by atoms with van der Waals surface area (Å²) in [6, 6.07) is 0. The molecule has 6 heteroatoms. The minimum atomic E-state index is -0.421. The fourth-order valence-electron chi connectivity index (χ4n) is 1.04. The van der Waals surface area contributed by atoms with Crippen molar-refractivity contribution in [2.45, 2.75) is 19.9 Å². The summed E-state index contributed by atoms with van der Waals surface area (Å²) in [4.78, 5) is 26.2. The highest BCUT2D eigenvalue weighted by Gasteiger charge is 2.05. The zero-order chi connectivity index (χ0) is 10.7. The molecule has 0 fully saturated rings. The van der Waals surface area contributed by atoms with Crippen LogP contribution in [-0.2, 0) is 11.3 Å². The molecular weight excluding hydrogens is 297 g/mol. The molecule has 0 bridgehead atoms. The van der Waals surface area contributed by atoms with Gasteiger partial charge in [0.1, 0.15) is 5.82 Å². The SMILES string of the molecule is Cc1ncc(I)c(=O)n1CCC(N)=O. The zero-order valence-electron chi connectivity index (χ0n) is 7.66. The molecule has 76 valence electrons. The molecule has 0 unspecified atom stereocenters. The van der Waals surface area contributed by atoms with E-state index < -0.39 is 5.91 Å². The van der Waals surface area contributed by atoms with E-state index in [1.807, 2.05) is 22.6 Å². The minimum Gasteiger partial charge on any atom is -0.370 e. The van der Waals surface area contributed by atoms with Gasteiger partial charge in [-0.2, -0.15) is 0 Å². The Morgan fingerprint density at radius 1 is 1.71 bits per heavy atom. The van der Waals surface area contributed by atoms with Crippen LogP contribution in [0.5, 0.6) is 0 Å². The second kappa shape index (κ2) is 4.54. The number of aryl methyl sites for hydroxylation is 1. The number of hydrogen-bond acceptors (Lipinski definition) is 3. The number of amides is 1. The van der Waals surface area contributed by atoms with E-state index in [1.54, 1.807) is 6.92 Å². The van der Waals surface area contributed by atoms with E-state index in [9.17, 15) is 9.59 Å². The quantitative estimate of drug-likeness (QED) is 0.800. The lowest BCUT2D eigenvalue weighted by Gasteiger charge is -2.07. The molecule has 0 spiro atoms. The van der Waals surface area contributed by atoms with Crippen LogP contribution < -0.4 is 11.3 Å². The van der Waals surface area contributed by atoms with Crippen LogP contribution in [0.25, 0.3) is 0 Å². The molecule has 0 aliphatic carbocycles. The van der Waals surface area contributed by atoms with Gasteiger partial charge in [0.05, 0.1) is 3.57 Å². The number of hydrogen-bond donors (Lipinski definition) is 1. The average Bonchev–Trinajstić information content (AvgIpc) is 2.11. The van der Waals surface area contributed by atoms with Gasteiger partial charge in [0.2, 0.25) is 5.91 Å². The maximum absolute atomic E-state index is 11.6. The first-order chi connectivity index (χ1) is 6.52. The molecule has 0 radical (unpaired) electrons. The molecule has 0 atom stereocenters. The van der Waals surface area contributed by atoms with Crippen molar-refractivity contribution in [3.8, 4) is 0 Å². The third kappa shape index (κ3) is 2.53. The summed E-state index contributed by atoms with van der Waals surface area (Å²) in [5, 5.41) is 0. The molecule has 1 aromatic rings. The maximum atomic E-state index is 11.6. The van der Waals surface area contributed by atoms with Crippen molar-refractivity contribution in [2.75, 3.05) is 0 Å². The molecule has 0 aromatic carbocycles. The van der Waals surface area contributed by atoms with Gasteiger partial charge in [-0.1, -0.05) is 0 Å². The van der Waals surface area contributed by atoms with E-state index in [1.165, 1.54) is 10.8 Å². The first kappa shape index (κ1) is 11.2. The largest absolute Gasteiger partial charge is 0.370 e. The molecule has 1 heterocycles. The lowest BCUT2D eigenvalue weighted by molar-refractivity contribution is -0.118. The Bertz CT molecular complexity index is 414. The average molecular weight is 307 g/mol. The summed E-state index contributed by atoms with van der Waals surface area (Å²) in [7, 11) is 0. The van der Waals surface area contributed by atoms with Gasteiger partial charge in [-0.25, -0.2) is 4.98 Å². The van der Waals surface area contributed by atoms with Crippen molar-refractivity contribution < 1.29 is 4.79 Å². The van der Waals surface area contributed by atoms with Gasteiger partial charge in [-0.15, -0.1) is 0 Å². The van der Waals surface area contributed by atoms with Crippen LogP contribution in [0.15, 0.2) is 11.0 Å². The van der Waals surface area contributed by atoms with E-state index in [2.05, 4.69) is 4.98 Å². The Kier molecular flexibility index (Phi) is 3.62. The number of primary amides is 1. The fraction of sp³-hybridized carbons (Fsp3) is 0.375.